The van der Waals surface area contributed by atoms with Gasteiger partial charge in [0, 0.05) is 18.1 Å². The van der Waals surface area contributed by atoms with Gasteiger partial charge in [-0.25, -0.2) is 4.90 Å². The lowest BCUT2D eigenvalue weighted by Crippen LogP contribution is -2.42. The minimum absolute atomic E-state index is 0.287. The summed E-state index contributed by atoms with van der Waals surface area (Å²) >= 11 is 6.32. The van der Waals surface area contributed by atoms with Crippen molar-refractivity contribution in [2.45, 2.75) is 34.1 Å². The lowest BCUT2D eigenvalue weighted by atomic mass is 9.91. The molecule has 2 amide bonds. The van der Waals surface area contributed by atoms with Crippen LogP contribution in [-0.4, -0.2) is 36.4 Å². The predicted molar refractivity (Wildman–Crippen MR) is 128 cm³/mol. The van der Waals surface area contributed by atoms with Crippen molar-refractivity contribution < 1.29 is 14.3 Å². The molecular formula is C26H29ClN2O3. The molecule has 1 saturated heterocycles. The minimum atomic E-state index is -0.314. The van der Waals surface area contributed by atoms with Gasteiger partial charge in [0.05, 0.1) is 17.9 Å². The number of carbonyl (C=O) groups excluding carboxylic acids is 2. The molecule has 0 aliphatic carbocycles. The molecular weight excluding hydrogens is 424 g/mol. The number of hydrogen-bond acceptors (Lipinski definition) is 4. The smallest absolute Gasteiger partial charge is 0.282 e. The fourth-order valence-electron chi connectivity index (χ4n) is 4.86. The second-order valence-corrected chi connectivity index (χ2v) is 9.27. The highest BCUT2D eigenvalue weighted by Gasteiger charge is 2.44. The van der Waals surface area contributed by atoms with Gasteiger partial charge < -0.3 is 9.64 Å². The van der Waals surface area contributed by atoms with Crippen LogP contribution in [0.25, 0.3) is 5.57 Å². The summed E-state index contributed by atoms with van der Waals surface area (Å²) in [6.07, 6.45) is 1.11. The van der Waals surface area contributed by atoms with Gasteiger partial charge in [0.15, 0.2) is 0 Å². The van der Waals surface area contributed by atoms with Crippen LogP contribution >= 0.6 is 11.6 Å². The first-order valence-corrected chi connectivity index (χ1v) is 11.6. The molecule has 0 bridgehead atoms. The number of anilines is 1. The number of piperidine rings is 1. The average molecular weight is 453 g/mol. The summed E-state index contributed by atoms with van der Waals surface area (Å²) in [7, 11) is 0. The Bertz CT molecular complexity index is 1070. The van der Waals surface area contributed by atoms with Crippen LogP contribution in [0.15, 0.2) is 48.2 Å². The molecule has 0 aromatic heterocycles. The fourth-order valence-corrected chi connectivity index (χ4v) is 5.03. The van der Waals surface area contributed by atoms with Crippen LogP contribution in [-0.2, 0) is 9.59 Å². The summed E-state index contributed by atoms with van der Waals surface area (Å²) in [5.41, 5.74) is 2.89. The van der Waals surface area contributed by atoms with E-state index in [-0.39, 0.29) is 11.8 Å². The molecule has 32 heavy (non-hydrogen) atoms. The van der Waals surface area contributed by atoms with Crippen LogP contribution < -0.4 is 9.64 Å². The van der Waals surface area contributed by atoms with Crippen molar-refractivity contribution >= 4 is 34.7 Å². The molecule has 2 aliphatic heterocycles. The Hall–Kier alpha value is -2.79. The number of likely N-dealkylation sites (tertiary alicyclic amines) is 1. The van der Waals surface area contributed by atoms with Crippen molar-refractivity contribution in [2.75, 3.05) is 24.6 Å². The Kier molecular flexibility index (Phi) is 6.29. The summed E-state index contributed by atoms with van der Waals surface area (Å²) < 4.78 is 5.56. The number of halogens is 1. The molecule has 2 aliphatic rings. The molecule has 6 heteroatoms. The van der Waals surface area contributed by atoms with Crippen LogP contribution in [0.4, 0.5) is 5.69 Å². The van der Waals surface area contributed by atoms with E-state index in [1.165, 1.54) is 4.90 Å². The first kappa shape index (κ1) is 22.4. The second kappa shape index (κ2) is 8.99. The topological polar surface area (TPSA) is 49.9 Å². The SMILES string of the molecule is CCOc1ccc(C2=C(N3CC(C)CC(C)C3)C(=O)N(c3cccc(Cl)c3C)C2=O)cc1. The van der Waals surface area contributed by atoms with E-state index in [0.29, 0.717) is 46.0 Å². The molecule has 1 fully saturated rings. The molecule has 0 spiro atoms. The third kappa shape index (κ3) is 4.02. The standard InChI is InChI=1S/C26H29ClN2O3/c1-5-32-20-11-9-19(10-12-20)23-24(28-14-16(2)13-17(3)15-28)26(31)29(25(23)30)22-8-6-7-21(27)18(22)4/h6-12,16-17H,5,13-15H2,1-4H3. The highest BCUT2D eigenvalue weighted by atomic mass is 35.5. The highest BCUT2D eigenvalue weighted by molar-refractivity contribution is 6.46. The molecule has 2 unspecified atom stereocenters. The average Bonchev–Trinajstić information content (AvgIpc) is 3.00. The maximum atomic E-state index is 13.8. The van der Waals surface area contributed by atoms with Gasteiger partial charge >= 0.3 is 0 Å². The van der Waals surface area contributed by atoms with Crippen molar-refractivity contribution in [3.05, 3.63) is 64.3 Å². The summed E-state index contributed by atoms with van der Waals surface area (Å²) in [4.78, 5) is 30.9. The first-order chi connectivity index (χ1) is 15.3. The fraction of sp³-hybridized carbons (Fsp3) is 0.385. The molecule has 4 rings (SSSR count). The number of rotatable bonds is 5. The molecule has 2 aromatic carbocycles. The van der Waals surface area contributed by atoms with Crippen molar-refractivity contribution in [3.63, 3.8) is 0 Å². The second-order valence-electron chi connectivity index (χ2n) is 8.86. The lowest BCUT2D eigenvalue weighted by Gasteiger charge is -2.37. The zero-order valence-electron chi connectivity index (χ0n) is 19.0. The van der Waals surface area contributed by atoms with Gasteiger partial charge in [0.2, 0.25) is 0 Å². The van der Waals surface area contributed by atoms with Crippen LogP contribution in [0, 0.1) is 18.8 Å². The van der Waals surface area contributed by atoms with Crippen molar-refractivity contribution in [2.24, 2.45) is 11.8 Å². The summed E-state index contributed by atoms with van der Waals surface area (Å²) in [6.45, 7) is 10.2. The van der Waals surface area contributed by atoms with Gasteiger partial charge in [-0.1, -0.05) is 43.6 Å². The molecule has 5 nitrogen and oxygen atoms in total. The van der Waals surface area contributed by atoms with Gasteiger partial charge in [-0.2, -0.15) is 0 Å². The van der Waals surface area contributed by atoms with E-state index >= 15 is 0 Å². The third-order valence-corrected chi connectivity index (χ3v) is 6.59. The zero-order valence-corrected chi connectivity index (χ0v) is 19.8. The molecule has 0 radical (unpaired) electrons. The van der Waals surface area contributed by atoms with Gasteiger partial charge in [-0.05, 0) is 67.5 Å². The highest BCUT2D eigenvalue weighted by Crippen LogP contribution is 2.39. The summed E-state index contributed by atoms with van der Waals surface area (Å²) in [5.74, 6) is 1.02. The van der Waals surface area contributed by atoms with E-state index in [0.717, 1.165) is 30.8 Å². The van der Waals surface area contributed by atoms with Crippen molar-refractivity contribution in [3.8, 4) is 5.75 Å². The van der Waals surface area contributed by atoms with Crippen molar-refractivity contribution in [1.82, 2.24) is 4.90 Å². The molecule has 2 aromatic rings. The Labute approximate surface area is 194 Å². The number of carbonyl (C=O) groups is 2. The van der Waals surface area contributed by atoms with Crippen molar-refractivity contribution in [1.29, 1.82) is 0 Å². The summed E-state index contributed by atoms with van der Waals surface area (Å²) in [6, 6.07) is 12.7. The van der Waals surface area contributed by atoms with E-state index in [1.54, 1.807) is 18.2 Å². The van der Waals surface area contributed by atoms with E-state index < -0.39 is 0 Å². The number of benzene rings is 2. The van der Waals surface area contributed by atoms with Gasteiger partial charge in [0.25, 0.3) is 11.8 Å². The largest absolute Gasteiger partial charge is 0.494 e. The number of hydrogen-bond donors (Lipinski definition) is 0. The van der Waals surface area contributed by atoms with E-state index in [1.807, 2.05) is 38.1 Å². The first-order valence-electron chi connectivity index (χ1n) is 11.2. The quantitative estimate of drug-likeness (QED) is 0.577. The Balaban J connectivity index is 1.83. The van der Waals surface area contributed by atoms with Gasteiger partial charge in [-0.15, -0.1) is 0 Å². The lowest BCUT2D eigenvalue weighted by molar-refractivity contribution is -0.120. The van der Waals surface area contributed by atoms with Gasteiger partial charge in [-0.3, -0.25) is 9.59 Å². The predicted octanol–water partition coefficient (Wildman–Crippen LogP) is 5.31. The van der Waals surface area contributed by atoms with Crippen LogP contribution in [0.2, 0.25) is 5.02 Å². The maximum absolute atomic E-state index is 13.8. The normalized spacial score (nSPS) is 21.5. The molecule has 2 heterocycles. The van der Waals surface area contributed by atoms with E-state index in [9.17, 15) is 9.59 Å². The van der Waals surface area contributed by atoms with Crippen LogP contribution in [0.1, 0.15) is 38.3 Å². The maximum Gasteiger partial charge on any atom is 0.282 e. The van der Waals surface area contributed by atoms with Crippen LogP contribution in [0.5, 0.6) is 5.75 Å². The number of amides is 2. The molecule has 2 atom stereocenters. The number of nitrogens with zero attached hydrogens (tertiary/aromatic N) is 2. The Morgan fingerprint density at radius 1 is 1.00 bits per heavy atom. The Morgan fingerprint density at radius 2 is 1.66 bits per heavy atom. The summed E-state index contributed by atoms with van der Waals surface area (Å²) in [5, 5.41) is 0.527. The van der Waals surface area contributed by atoms with E-state index in [2.05, 4.69) is 18.7 Å². The monoisotopic (exact) mass is 452 g/mol. The minimum Gasteiger partial charge on any atom is -0.494 e. The number of ether oxygens (including phenoxy) is 1. The third-order valence-electron chi connectivity index (χ3n) is 6.18. The van der Waals surface area contributed by atoms with Gasteiger partial charge in [0.1, 0.15) is 11.4 Å². The van der Waals surface area contributed by atoms with E-state index in [4.69, 9.17) is 16.3 Å². The number of imide groups is 1. The Morgan fingerprint density at radius 3 is 2.28 bits per heavy atom. The molecule has 0 N–H and O–H groups in total. The molecule has 0 saturated carbocycles. The zero-order chi connectivity index (χ0) is 23.0. The molecule has 168 valence electrons. The van der Waals surface area contributed by atoms with Crippen LogP contribution in [0.3, 0.4) is 0 Å².